The minimum atomic E-state index is -4.48. The van der Waals surface area contributed by atoms with Crippen LogP contribution in [0.3, 0.4) is 0 Å². The predicted molar refractivity (Wildman–Crippen MR) is 135 cm³/mol. The summed E-state index contributed by atoms with van der Waals surface area (Å²) < 4.78 is 57.1. The Morgan fingerprint density at radius 1 is 1.00 bits per heavy atom. The quantitative estimate of drug-likeness (QED) is 0.288. The zero-order chi connectivity index (χ0) is 27.1. The fourth-order valence-electron chi connectivity index (χ4n) is 6.00. The molecular formula is C28H20BF3N4O2. The van der Waals surface area contributed by atoms with E-state index in [4.69, 9.17) is 15.9 Å². The molecule has 0 aliphatic carbocycles. The molecule has 0 N–H and O–H groups in total. The lowest BCUT2D eigenvalue weighted by Gasteiger charge is -2.39. The number of benzene rings is 2. The molecule has 3 aliphatic rings. The lowest BCUT2D eigenvalue weighted by molar-refractivity contribution is -0.369. The van der Waals surface area contributed by atoms with Gasteiger partial charge >= 0.3 is 13.0 Å². The van der Waals surface area contributed by atoms with Crippen molar-refractivity contribution in [3.8, 4) is 17.6 Å². The van der Waals surface area contributed by atoms with Gasteiger partial charge in [-0.25, -0.2) is 4.85 Å². The predicted octanol–water partition coefficient (Wildman–Crippen LogP) is 6.20. The van der Waals surface area contributed by atoms with Crippen molar-refractivity contribution in [1.29, 1.82) is 5.26 Å². The molecule has 38 heavy (non-hydrogen) atoms. The Kier molecular flexibility index (Phi) is 4.77. The smallest absolute Gasteiger partial charge is 0.599 e. The molecule has 0 fully saturated rings. The molecule has 0 unspecified atom stereocenters. The minimum Gasteiger partial charge on any atom is -0.599 e. The number of rotatable bonds is 1. The summed E-state index contributed by atoms with van der Waals surface area (Å²) in [6.45, 7) is 12.6. The highest BCUT2D eigenvalue weighted by atomic mass is 19.4. The van der Waals surface area contributed by atoms with E-state index in [1.165, 1.54) is 12.1 Å². The summed E-state index contributed by atoms with van der Waals surface area (Å²) in [6.07, 6.45) is -4.48. The van der Waals surface area contributed by atoms with Crippen LogP contribution in [-0.2, 0) is 6.18 Å². The van der Waals surface area contributed by atoms with Gasteiger partial charge in [0.2, 0.25) is 0 Å². The first kappa shape index (κ1) is 23.7. The van der Waals surface area contributed by atoms with Gasteiger partial charge in [0.15, 0.2) is 5.70 Å². The summed E-state index contributed by atoms with van der Waals surface area (Å²) in [6, 6.07) is 14.5. The standard InChI is InChI=1S/C28H20BF3N4O2/c1-15-21(14-33)17(3)35-26(15)24(19-10-12-20(13-11-19)28(30,31)32)27-16(2)25(34-5)18(4)36(27)29(35)37-22-8-6-7-9-23(22)38-29/h6-13H,1-4H3. The molecule has 0 atom stereocenters. The number of aromatic nitrogens is 1. The molecule has 188 valence electrons. The number of alkyl halides is 3. The molecule has 3 aliphatic heterocycles. The lowest BCUT2D eigenvalue weighted by Crippen LogP contribution is -2.65. The van der Waals surface area contributed by atoms with Gasteiger partial charge in [0.1, 0.15) is 23.3 Å². The zero-order valence-electron chi connectivity index (χ0n) is 20.9. The van der Waals surface area contributed by atoms with Crippen LogP contribution in [0.1, 0.15) is 47.5 Å². The molecule has 6 rings (SSSR count). The van der Waals surface area contributed by atoms with Gasteiger partial charge in [-0.3, -0.25) is 0 Å². The highest BCUT2D eigenvalue weighted by Crippen LogP contribution is 2.50. The average molecular weight is 512 g/mol. The van der Waals surface area contributed by atoms with Crippen molar-refractivity contribution >= 4 is 18.1 Å². The maximum absolute atomic E-state index is 13.4. The van der Waals surface area contributed by atoms with Crippen LogP contribution in [0.25, 0.3) is 10.4 Å². The molecule has 6 nitrogen and oxygen atoms in total. The van der Waals surface area contributed by atoms with Gasteiger partial charge < -0.3 is 18.3 Å². The number of fused-ring (bicyclic) bond motifs is 5. The van der Waals surface area contributed by atoms with Crippen molar-refractivity contribution < 1.29 is 27.0 Å². The van der Waals surface area contributed by atoms with Crippen molar-refractivity contribution in [1.82, 2.24) is 4.48 Å². The van der Waals surface area contributed by atoms with Crippen LogP contribution in [-0.4, -0.2) is 21.5 Å². The molecule has 4 heterocycles. The van der Waals surface area contributed by atoms with E-state index in [0.29, 0.717) is 67.8 Å². The summed E-state index contributed by atoms with van der Waals surface area (Å²) in [5, 5.41) is 10.1. The first-order valence-corrected chi connectivity index (χ1v) is 11.9. The van der Waals surface area contributed by atoms with Gasteiger partial charge in [-0.1, -0.05) is 24.3 Å². The third kappa shape index (κ3) is 2.86. The van der Waals surface area contributed by atoms with Crippen molar-refractivity contribution in [3.05, 3.63) is 111 Å². The lowest BCUT2D eigenvalue weighted by atomic mass is 9.78. The fraction of sp³-hybridized carbons (Fsp3) is 0.179. The molecular weight excluding hydrogens is 492 g/mol. The Bertz CT molecular complexity index is 1740. The number of halogens is 3. The van der Waals surface area contributed by atoms with E-state index in [1.54, 1.807) is 26.0 Å². The Morgan fingerprint density at radius 2 is 1.61 bits per heavy atom. The molecule has 3 aromatic rings. The largest absolute Gasteiger partial charge is 0.779 e. The summed E-state index contributed by atoms with van der Waals surface area (Å²) >= 11 is 0. The highest BCUT2D eigenvalue weighted by Gasteiger charge is 2.64. The third-order valence-electron chi connectivity index (χ3n) is 7.61. The van der Waals surface area contributed by atoms with E-state index in [1.807, 2.05) is 34.9 Å². The van der Waals surface area contributed by atoms with Gasteiger partial charge in [0.25, 0.3) is 5.70 Å². The van der Waals surface area contributed by atoms with Crippen molar-refractivity contribution in [3.63, 3.8) is 0 Å². The molecule has 1 aromatic heterocycles. The molecule has 1 spiro atoms. The second-order valence-corrected chi connectivity index (χ2v) is 9.57. The number of nitriles is 1. The summed E-state index contributed by atoms with van der Waals surface area (Å²) in [5.41, 5.74) is 4.92. The third-order valence-corrected chi connectivity index (χ3v) is 7.61. The Hall–Kier alpha value is -4.70. The van der Waals surface area contributed by atoms with E-state index in [9.17, 15) is 18.4 Å². The maximum atomic E-state index is 13.4. The topological polar surface area (TPSA) is 54.6 Å². The fourth-order valence-corrected chi connectivity index (χ4v) is 6.00. The monoisotopic (exact) mass is 512 g/mol. The SMILES string of the molecule is [C-]#[N+]C1=C(C)C2=C(c3ccc(C(F)(F)F)cc3)c3c(C)c(C#N)c(C)n3[B-]3(Oc4ccccc4O3)[N+]2=C1C. The Morgan fingerprint density at radius 3 is 2.13 bits per heavy atom. The minimum absolute atomic E-state index is 0.412. The molecule has 0 radical (unpaired) electrons. The molecule has 0 saturated heterocycles. The normalized spacial score (nSPS) is 17.1. The molecule has 10 heteroatoms. The number of para-hydroxylation sites is 2. The van der Waals surface area contributed by atoms with Crippen LogP contribution >= 0.6 is 0 Å². The van der Waals surface area contributed by atoms with Gasteiger partial charge in [-0.05, 0) is 56.2 Å². The second kappa shape index (κ2) is 7.66. The van der Waals surface area contributed by atoms with Gasteiger partial charge in [0, 0.05) is 23.9 Å². The highest BCUT2D eigenvalue weighted by molar-refractivity contribution is 6.62. The van der Waals surface area contributed by atoms with Crippen molar-refractivity contribution in [2.24, 2.45) is 0 Å². The van der Waals surface area contributed by atoms with Crippen LogP contribution < -0.4 is 9.31 Å². The number of hydrogen-bond acceptors (Lipinski definition) is 3. The van der Waals surface area contributed by atoms with E-state index >= 15 is 0 Å². The van der Waals surface area contributed by atoms with Crippen LogP contribution in [0.5, 0.6) is 11.5 Å². The van der Waals surface area contributed by atoms with Crippen LogP contribution in [0.15, 0.2) is 65.5 Å². The Labute approximate surface area is 217 Å². The summed E-state index contributed by atoms with van der Waals surface area (Å²) in [5.74, 6) is 1.03. The van der Waals surface area contributed by atoms with Crippen LogP contribution in [0.4, 0.5) is 13.2 Å². The Balaban J connectivity index is 1.75. The molecule has 0 bridgehead atoms. The van der Waals surface area contributed by atoms with Gasteiger partial charge in [-0.2, -0.15) is 18.4 Å². The van der Waals surface area contributed by atoms with E-state index in [-0.39, 0.29) is 0 Å². The first-order chi connectivity index (χ1) is 18.0. The van der Waals surface area contributed by atoms with Crippen molar-refractivity contribution in [2.75, 3.05) is 0 Å². The number of allylic oxidation sites excluding steroid dienone is 2. The molecule has 0 amide bonds. The van der Waals surface area contributed by atoms with Crippen LogP contribution in [0, 0.1) is 31.8 Å². The van der Waals surface area contributed by atoms with E-state index in [0.717, 1.165) is 12.1 Å². The number of nitrogens with zero attached hydrogens (tertiary/aromatic N) is 4. The molecule has 2 aromatic carbocycles. The maximum Gasteiger partial charge on any atom is 0.779 e. The van der Waals surface area contributed by atoms with E-state index in [2.05, 4.69) is 10.9 Å². The van der Waals surface area contributed by atoms with E-state index < -0.39 is 18.6 Å². The van der Waals surface area contributed by atoms with Crippen LogP contribution in [0.2, 0.25) is 0 Å². The second-order valence-electron chi connectivity index (χ2n) is 9.57. The first-order valence-electron chi connectivity index (χ1n) is 11.9. The average Bonchev–Trinajstić information content (AvgIpc) is 3.47. The zero-order valence-corrected chi connectivity index (χ0v) is 20.9. The summed E-state index contributed by atoms with van der Waals surface area (Å²) in [7, 11) is 0. The number of hydrogen-bond donors (Lipinski definition) is 0. The van der Waals surface area contributed by atoms with Gasteiger partial charge in [-0.15, -0.1) is 0 Å². The van der Waals surface area contributed by atoms with Crippen molar-refractivity contribution in [2.45, 2.75) is 33.9 Å². The van der Waals surface area contributed by atoms with Gasteiger partial charge in [0.05, 0.1) is 23.3 Å². The summed E-state index contributed by atoms with van der Waals surface area (Å²) in [4.78, 5) is 3.78. The molecule has 0 saturated carbocycles.